The number of rotatable bonds is 6. The maximum atomic E-state index is 12.3. The smallest absolute Gasteiger partial charge is 0.253 e. The molecule has 0 radical (unpaired) electrons. The zero-order valence-electron chi connectivity index (χ0n) is 15.2. The number of hydrogen-bond donors (Lipinski definition) is 2. The predicted octanol–water partition coefficient (Wildman–Crippen LogP) is 3.01. The molecule has 25 heavy (non-hydrogen) atoms. The zero-order valence-corrected chi connectivity index (χ0v) is 15.2. The molecule has 0 saturated heterocycles. The lowest BCUT2D eigenvalue weighted by molar-refractivity contribution is -0.121. The topological polar surface area (TPSA) is 71.1 Å². The molecule has 0 spiro atoms. The van der Waals surface area contributed by atoms with Crippen molar-refractivity contribution in [2.24, 2.45) is 0 Å². The van der Waals surface area contributed by atoms with Crippen LogP contribution in [0.15, 0.2) is 36.4 Å². The molecule has 0 aliphatic rings. The molecule has 5 nitrogen and oxygen atoms in total. The molecule has 2 N–H and O–H groups in total. The van der Waals surface area contributed by atoms with Gasteiger partial charge in [0.05, 0.1) is 17.0 Å². The Morgan fingerprint density at radius 2 is 1.72 bits per heavy atom. The van der Waals surface area contributed by atoms with Gasteiger partial charge in [-0.05, 0) is 39.8 Å². The van der Waals surface area contributed by atoms with Gasteiger partial charge in [-0.3, -0.25) is 14.6 Å². The molecule has 132 valence electrons. The quantitative estimate of drug-likeness (QED) is 0.850. The summed E-state index contributed by atoms with van der Waals surface area (Å²) in [6.45, 7) is 7.97. The summed E-state index contributed by atoms with van der Waals surface area (Å²) in [6.07, 6.45) is 0.262. The van der Waals surface area contributed by atoms with Crippen LogP contribution in [0.5, 0.6) is 0 Å². The number of carbonyl (C=O) groups is 2. The first-order chi connectivity index (χ1) is 11.9. The van der Waals surface area contributed by atoms with E-state index in [0.29, 0.717) is 17.8 Å². The largest absolute Gasteiger partial charge is 0.354 e. The van der Waals surface area contributed by atoms with E-state index in [1.807, 2.05) is 58.0 Å². The number of amides is 2. The molecule has 2 rings (SSSR count). The number of hydrogen-bond acceptors (Lipinski definition) is 3. The Balaban J connectivity index is 1.99. The van der Waals surface area contributed by atoms with E-state index in [1.54, 1.807) is 6.07 Å². The van der Waals surface area contributed by atoms with Gasteiger partial charge in [0.15, 0.2) is 0 Å². The second-order valence-electron chi connectivity index (χ2n) is 6.42. The second kappa shape index (κ2) is 8.42. The van der Waals surface area contributed by atoms with Crippen molar-refractivity contribution < 1.29 is 9.59 Å². The lowest BCUT2D eigenvalue weighted by Crippen LogP contribution is -2.34. The Labute approximate surface area is 148 Å². The first-order valence-corrected chi connectivity index (χ1v) is 8.49. The maximum absolute atomic E-state index is 12.3. The van der Waals surface area contributed by atoms with Crippen molar-refractivity contribution >= 4 is 11.8 Å². The standard InChI is InChI=1S/C20H25N3O2/c1-13(2)22-19(24)11-12-21-20(25)17-9-10-18(23-15(17)4)16-7-5-14(3)6-8-16/h5-10,13H,11-12H2,1-4H3,(H,21,25)(H,22,24). The minimum Gasteiger partial charge on any atom is -0.354 e. The molecule has 5 heteroatoms. The van der Waals surface area contributed by atoms with Gasteiger partial charge in [0, 0.05) is 24.6 Å². The van der Waals surface area contributed by atoms with Crippen LogP contribution in [-0.2, 0) is 4.79 Å². The predicted molar refractivity (Wildman–Crippen MR) is 99.4 cm³/mol. The zero-order chi connectivity index (χ0) is 18.4. The molecule has 0 saturated carbocycles. The third-order valence-corrected chi connectivity index (χ3v) is 3.77. The van der Waals surface area contributed by atoms with Crippen LogP contribution in [0.25, 0.3) is 11.3 Å². The number of carbonyl (C=O) groups excluding carboxylic acids is 2. The van der Waals surface area contributed by atoms with E-state index < -0.39 is 0 Å². The van der Waals surface area contributed by atoms with Crippen molar-refractivity contribution in [1.82, 2.24) is 15.6 Å². The molecule has 2 amide bonds. The first kappa shape index (κ1) is 18.6. The molecule has 1 heterocycles. The molecule has 0 fully saturated rings. The molecule has 2 aromatic rings. The fourth-order valence-electron chi connectivity index (χ4n) is 2.47. The van der Waals surface area contributed by atoms with Gasteiger partial charge in [-0.15, -0.1) is 0 Å². The fraction of sp³-hybridized carbons (Fsp3) is 0.350. The van der Waals surface area contributed by atoms with Crippen LogP contribution in [0, 0.1) is 13.8 Å². The highest BCUT2D eigenvalue weighted by atomic mass is 16.2. The van der Waals surface area contributed by atoms with E-state index in [4.69, 9.17) is 0 Å². The number of benzene rings is 1. The number of pyridine rings is 1. The van der Waals surface area contributed by atoms with E-state index in [1.165, 1.54) is 5.56 Å². The second-order valence-corrected chi connectivity index (χ2v) is 6.42. The van der Waals surface area contributed by atoms with Crippen LogP contribution in [0.1, 0.15) is 41.9 Å². The Hall–Kier alpha value is -2.69. The van der Waals surface area contributed by atoms with Crippen molar-refractivity contribution in [1.29, 1.82) is 0 Å². The molecule has 0 unspecified atom stereocenters. The Kier molecular flexibility index (Phi) is 6.28. The monoisotopic (exact) mass is 339 g/mol. The summed E-state index contributed by atoms with van der Waals surface area (Å²) < 4.78 is 0. The minimum atomic E-state index is -0.210. The Morgan fingerprint density at radius 1 is 1.04 bits per heavy atom. The summed E-state index contributed by atoms with van der Waals surface area (Å²) in [7, 11) is 0. The minimum absolute atomic E-state index is 0.0696. The van der Waals surface area contributed by atoms with Crippen molar-refractivity contribution in [3.63, 3.8) is 0 Å². The number of nitrogens with one attached hydrogen (secondary N) is 2. The molecule has 0 bridgehead atoms. The highest BCUT2D eigenvalue weighted by Crippen LogP contribution is 2.19. The van der Waals surface area contributed by atoms with Crippen molar-refractivity contribution in [2.75, 3.05) is 6.54 Å². The third-order valence-electron chi connectivity index (χ3n) is 3.77. The van der Waals surface area contributed by atoms with Gasteiger partial charge >= 0.3 is 0 Å². The van der Waals surface area contributed by atoms with Crippen LogP contribution < -0.4 is 10.6 Å². The van der Waals surface area contributed by atoms with Crippen molar-refractivity contribution in [3.05, 3.63) is 53.2 Å². The SMILES string of the molecule is Cc1ccc(-c2ccc(C(=O)NCCC(=O)NC(C)C)c(C)n2)cc1. The average molecular weight is 339 g/mol. The molecular weight excluding hydrogens is 314 g/mol. The van der Waals surface area contributed by atoms with Gasteiger partial charge in [0.1, 0.15) is 0 Å². The lowest BCUT2D eigenvalue weighted by atomic mass is 10.1. The van der Waals surface area contributed by atoms with Crippen molar-refractivity contribution in [3.8, 4) is 11.3 Å². The van der Waals surface area contributed by atoms with Gasteiger partial charge < -0.3 is 10.6 Å². The molecular formula is C20H25N3O2. The maximum Gasteiger partial charge on any atom is 0.253 e. The summed E-state index contributed by atoms with van der Waals surface area (Å²) in [5, 5.41) is 5.57. The van der Waals surface area contributed by atoms with Gasteiger partial charge in [0.2, 0.25) is 5.91 Å². The van der Waals surface area contributed by atoms with Gasteiger partial charge in [-0.2, -0.15) is 0 Å². The normalized spacial score (nSPS) is 10.6. The van der Waals surface area contributed by atoms with E-state index >= 15 is 0 Å². The molecule has 0 aliphatic heterocycles. The van der Waals surface area contributed by atoms with Gasteiger partial charge in [-0.25, -0.2) is 0 Å². The molecule has 1 aromatic heterocycles. The van der Waals surface area contributed by atoms with E-state index in [9.17, 15) is 9.59 Å². The number of aromatic nitrogens is 1. The van der Waals surface area contributed by atoms with Crippen LogP contribution >= 0.6 is 0 Å². The Morgan fingerprint density at radius 3 is 2.32 bits per heavy atom. The molecule has 0 aliphatic carbocycles. The highest BCUT2D eigenvalue weighted by molar-refractivity contribution is 5.95. The summed E-state index contributed by atoms with van der Waals surface area (Å²) in [6, 6.07) is 11.8. The van der Waals surface area contributed by atoms with Gasteiger partial charge in [0.25, 0.3) is 5.91 Å². The average Bonchev–Trinajstić information content (AvgIpc) is 2.54. The van der Waals surface area contributed by atoms with Crippen LogP contribution in [0.3, 0.4) is 0 Å². The molecule has 0 atom stereocenters. The summed E-state index contributed by atoms with van der Waals surface area (Å²) >= 11 is 0. The van der Waals surface area contributed by atoms with Crippen LogP contribution in [0.4, 0.5) is 0 Å². The van der Waals surface area contributed by atoms with E-state index in [0.717, 1.165) is 11.3 Å². The lowest BCUT2D eigenvalue weighted by Gasteiger charge is -2.10. The number of aryl methyl sites for hydroxylation is 2. The summed E-state index contributed by atoms with van der Waals surface area (Å²) in [5.74, 6) is -0.280. The highest BCUT2D eigenvalue weighted by Gasteiger charge is 2.12. The van der Waals surface area contributed by atoms with E-state index in [-0.39, 0.29) is 24.3 Å². The fourth-order valence-corrected chi connectivity index (χ4v) is 2.47. The number of nitrogens with zero attached hydrogens (tertiary/aromatic N) is 1. The van der Waals surface area contributed by atoms with Crippen LogP contribution in [0.2, 0.25) is 0 Å². The van der Waals surface area contributed by atoms with Gasteiger partial charge in [-0.1, -0.05) is 29.8 Å². The first-order valence-electron chi connectivity index (χ1n) is 8.49. The van der Waals surface area contributed by atoms with Crippen molar-refractivity contribution in [2.45, 2.75) is 40.2 Å². The third kappa shape index (κ3) is 5.41. The van der Waals surface area contributed by atoms with E-state index in [2.05, 4.69) is 15.6 Å². The summed E-state index contributed by atoms with van der Waals surface area (Å²) in [4.78, 5) is 28.4. The van der Waals surface area contributed by atoms with Crippen LogP contribution in [-0.4, -0.2) is 29.4 Å². The molecule has 1 aromatic carbocycles. The Bertz CT molecular complexity index is 752. The summed E-state index contributed by atoms with van der Waals surface area (Å²) in [5.41, 5.74) is 4.25.